The molecule has 2 aromatic heterocycles. The second-order valence-corrected chi connectivity index (χ2v) is 3.98. The van der Waals surface area contributed by atoms with Gasteiger partial charge in [-0.25, -0.2) is 15.0 Å². The summed E-state index contributed by atoms with van der Waals surface area (Å²) in [7, 11) is 0. The molecule has 1 N–H and O–H groups in total. The number of fused-ring (bicyclic) bond motifs is 1. The number of nitrogens with zero attached hydrogens (tertiary/aromatic N) is 3. The highest BCUT2D eigenvalue weighted by Gasteiger charge is 2.12. The smallest absolute Gasteiger partial charge is 0.262 e. The summed E-state index contributed by atoms with van der Waals surface area (Å²) in [5, 5.41) is 0.509. The normalized spacial score (nSPS) is 11.2. The number of nitrogens with one attached hydrogen (secondary N) is 1. The molecule has 2 heterocycles. The van der Waals surface area contributed by atoms with Gasteiger partial charge in [0.2, 0.25) is 0 Å². The molecule has 0 radical (unpaired) electrons. The van der Waals surface area contributed by atoms with Crippen LogP contribution in [0, 0.1) is 0 Å². The Balaban J connectivity index is 2.84. The molecule has 5 heteroatoms. The minimum Gasteiger partial charge on any atom is -0.310 e. The van der Waals surface area contributed by atoms with Crippen molar-refractivity contribution in [2.45, 2.75) is 33.1 Å². The average Bonchev–Trinajstić information content (AvgIpc) is 2.27. The first-order valence-electron chi connectivity index (χ1n) is 5.37. The zero-order valence-electron chi connectivity index (χ0n) is 9.61. The van der Waals surface area contributed by atoms with Crippen molar-refractivity contribution in [3.05, 3.63) is 28.2 Å². The summed E-state index contributed by atoms with van der Waals surface area (Å²) in [6.07, 6.45) is 2.15. The molecule has 0 unspecified atom stereocenters. The van der Waals surface area contributed by atoms with Gasteiger partial charge in [-0.15, -0.1) is 0 Å². The molecular formula is C11H14N4O. The van der Waals surface area contributed by atoms with Gasteiger partial charge in [0.05, 0.1) is 5.69 Å². The van der Waals surface area contributed by atoms with Crippen molar-refractivity contribution in [3.63, 3.8) is 0 Å². The zero-order valence-corrected chi connectivity index (χ0v) is 9.61. The first kappa shape index (κ1) is 10.7. The molecule has 5 nitrogen and oxygen atoms in total. The molecule has 0 saturated carbocycles. The van der Waals surface area contributed by atoms with Crippen LogP contribution in [-0.2, 0) is 6.42 Å². The van der Waals surface area contributed by atoms with Crippen molar-refractivity contribution in [1.82, 2.24) is 19.9 Å². The maximum Gasteiger partial charge on any atom is 0.262 e. The van der Waals surface area contributed by atoms with E-state index >= 15 is 0 Å². The largest absolute Gasteiger partial charge is 0.310 e. The fraction of sp³-hybridized carbons (Fsp3) is 0.455. The lowest BCUT2D eigenvalue weighted by molar-refractivity contribution is 0.820. The average molecular weight is 218 g/mol. The topological polar surface area (TPSA) is 71.5 Å². The summed E-state index contributed by atoms with van der Waals surface area (Å²) in [6, 6.07) is 0. The lowest BCUT2D eigenvalue weighted by Crippen LogP contribution is -2.15. The van der Waals surface area contributed by atoms with Gasteiger partial charge in [-0.1, -0.05) is 20.8 Å². The van der Waals surface area contributed by atoms with Crippen LogP contribution in [0.4, 0.5) is 0 Å². The van der Waals surface area contributed by atoms with E-state index in [1.54, 1.807) is 0 Å². The fourth-order valence-electron chi connectivity index (χ4n) is 1.65. The molecule has 0 spiro atoms. The van der Waals surface area contributed by atoms with Crippen LogP contribution in [0.1, 0.15) is 38.2 Å². The quantitative estimate of drug-likeness (QED) is 0.827. The highest BCUT2D eigenvalue weighted by Crippen LogP contribution is 2.16. The number of aromatic amines is 1. The van der Waals surface area contributed by atoms with Gasteiger partial charge < -0.3 is 4.98 Å². The lowest BCUT2D eigenvalue weighted by Gasteiger charge is -2.07. The maximum atomic E-state index is 11.9. The van der Waals surface area contributed by atoms with Crippen molar-refractivity contribution in [3.8, 4) is 0 Å². The Kier molecular flexibility index (Phi) is 2.68. The van der Waals surface area contributed by atoms with Crippen LogP contribution in [0.5, 0.6) is 0 Å². The molecule has 2 rings (SSSR count). The minimum absolute atomic E-state index is 0.147. The SMILES string of the molecule is CCc1nc2ncnc(C(C)C)c2c(=O)[nH]1. The first-order valence-corrected chi connectivity index (χ1v) is 5.37. The van der Waals surface area contributed by atoms with Crippen LogP contribution in [-0.4, -0.2) is 19.9 Å². The summed E-state index contributed by atoms with van der Waals surface area (Å²) in [5.74, 6) is 0.840. The third-order valence-electron chi connectivity index (χ3n) is 2.46. The molecule has 0 aliphatic rings. The number of H-pyrrole nitrogens is 1. The van der Waals surface area contributed by atoms with Crippen LogP contribution in [0.3, 0.4) is 0 Å². The summed E-state index contributed by atoms with van der Waals surface area (Å²) in [4.78, 5) is 27.2. The molecule has 0 aliphatic heterocycles. The molecule has 0 fully saturated rings. The maximum absolute atomic E-state index is 11.9. The highest BCUT2D eigenvalue weighted by molar-refractivity contribution is 5.76. The Labute approximate surface area is 93.0 Å². The van der Waals surface area contributed by atoms with Crippen molar-refractivity contribution >= 4 is 11.0 Å². The summed E-state index contributed by atoms with van der Waals surface area (Å²) in [6.45, 7) is 5.93. The summed E-state index contributed by atoms with van der Waals surface area (Å²) >= 11 is 0. The Bertz CT molecular complexity index is 574. The fourth-order valence-corrected chi connectivity index (χ4v) is 1.65. The van der Waals surface area contributed by atoms with E-state index in [4.69, 9.17) is 0 Å². The predicted octanol–water partition coefficient (Wildman–Crippen LogP) is 1.40. The number of hydrogen-bond acceptors (Lipinski definition) is 4. The van der Waals surface area contributed by atoms with Gasteiger partial charge in [-0.05, 0) is 5.92 Å². The van der Waals surface area contributed by atoms with Crippen molar-refractivity contribution in [1.29, 1.82) is 0 Å². The van der Waals surface area contributed by atoms with Crippen molar-refractivity contribution in [2.75, 3.05) is 0 Å². The third-order valence-corrected chi connectivity index (χ3v) is 2.46. The number of aromatic nitrogens is 4. The van der Waals surface area contributed by atoms with Crippen LogP contribution in [0.25, 0.3) is 11.0 Å². The second kappa shape index (κ2) is 4.00. The van der Waals surface area contributed by atoms with E-state index in [-0.39, 0.29) is 11.5 Å². The Morgan fingerprint density at radius 3 is 2.75 bits per heavy atom. The number of hydrogen-bond donors (Lipinski definition) is 1. The van der Waals surface area contributed by atoms with Crippen LogP contribution < -0.4 is 5.56 Å². The molecule has 2 aromatic rings. The standard InChI is InChI=1S/C11H14N4O/c1-4-7-14-10-8(11(16)15-7)9(6(2)3)12-5-13-10/h5-6H,4H2,1-3H3,(H,12,13,14,15,16). The van der Waals surface area contributed by atoms with Crippen LogP contribution in [0.2, 0.25) is 0 Å². The molecule has 16 heavy (non-hydrogen) atoms. The van der Waals surface area contributed by atoms with Gasteiger partial charge in [-0.2, -0.15) is 0 Å². The molecule has 0 aromatic carbocycles. The highest BCUT2D eigenvalue weighted by atomic mass is 16.1. The Hall–Kier alpha value is -1.78. The van der Waals surface area contributed by atoms with Crippen molar-refractivity contribution in [2.24, 2.45) is 0 Å². The predicted molar refractivity (Wildman–Crippen MR) is 61.4 cm³/mol. The Morgan fingerprint density at radius 1 is 1.38 bits per heavy atom. The molecule has 0 aliphatic carbocycles. The van der Waals surface area contributed by atoms with Gasteiger partial charge in [0.15, 0.2) is 5.65 Å². The Morgan fingerprint density at radius 2 is 2.12 bits per heavy atom. The van der Waals surface area contributed by atoms with Crippen LogP contribution >= 0.6 is 0 Å². The monoisotopic (exact) mass is 218 g/mol. The first-order chi connectivity index (χ1) is 7.63. The number of rotatable bonds is 2. The molecule has 84 valence electrons. The van der Waals surface area contributed by atoms with Gasteiger partial charge in [0.1, 0.15) is 17.5 Å². The molecule has 0 saturated heterocycles. The molecule has 0 atom stereocenters. The van der Waals surface area contributed by atoms with E-state index in [0.29, 0.717) is 23.3 Å². The molecule has 0 bridgehead atoms. The van der Waals surface area contributed by atoms with Gasteiger partial charge in [0.25, 0.3) is 5.56 Å². The van der Waals surface area contributed by atoms with Crippen molar-refractivity contribution < 1.29 is 0 Å². The van der Waals surface area contributed by atoms with E-state index in [9.17, 15) is 4.79 Å². The summed E-state index contributed by atoms with van der Waals surface area (Å²) < 4.78 is 0. The molecule has 0 amide bonds. The van der Waals surface area contributed by atoms with E-state index in [0.717, 1.165) is 5.69 Å². The van der Waals surface area contributed by atoms with Crippen LogP contribution in [0.15, 0.2) is 11.1 Å². The van der Waals surface area contributed by atoms with E-state index < -0.39 is 0 Å². The molecular weight excluding hydrogens is 204 g/mol. The van der Waals surface area contributed by atoms with Gasteiger partial charge >= 0.3 is 0 Å². The third kappa shape index (κ3) is 1.68. The minimum atomic E-state index is -0.147. The van der Waals surface area contributed by atoms with Gasteiger partial charge in [-0.3, -0.25) is 4.79 Å². The van der Waals surface area contributed by atoms with E-state index in [1.807, 2.05) is 20.8 Å². The lowest BCUT2D eigenvalue weighted by atomic mass is 10.1. The zero-order chi connectivity index (χ0) is 11.7. The van der Waals surface area contributed by atoms with E-state index in [1.165, 1.54) is 6.33 Å². The second-order valence-electron chi connectivity index (χ2n) is 3.98. The number of aryl methyl sites for hydroxylation is 1. The summed E-state index contributed by atoms with van der Waals surface area (Å²) in [5.41, 5.74) is 1.09. The van der Waals surface area contributed by atoms with E-state index in [2.05, 4.69) is 19.9 Å². The van der Waals surface area contributed by atoms with Gasteiger partial charge in [0, 0.05) is 6.42 Å².